The minimum Gasteiger partial charge on any atom is -0.348 e. The molecule has 134 valence electrons. The predicted octanol–water partition coefficient (Wildman–Crippen LogP) is 2.96. The minimum atomic E-state index is -0.496. The molecule has 0 saturated carbocycles. The maximum atomic E-state index is 12.2. The van der Waals surface area contributed by atoms with Gasteiger partial charge >= 0.3 is 0 Å². The van der Waals surface area contributed by atoms with E-state index in [4.69, 9.17) is 0 Å². The van der Waals surface area contributed by atoms with Gasteiger partial charge in [0.2, 0.25) is 5.91 Å². The van der Waals surface area contributed by atoms with E-state index in [0.717, 1.165) is 24.2 Å². The van der Waals surface area contributed by atoms with Gasteiger partial charge in [-0.1, -0.05) is 18.2 Å². The van der Waals surface area contributed by atoms with Gasteiger partial charge in [0.25, 0.3) is 11.6 Å². The van der Waals surface area contributed by atoms with Crippen molar-refractivity contribution in [1.82, 2.24) is 5.32 Å². The molecule has 7 nitrogen and oxygen atoms in total. The molecule has 1 fully saturated rings. The Hall–Kier alpha value is -3.22. The molecule has 1 aliphatic rings. The van der Waals surface area contributed by atoms with Crippen molar-refractivity contribution < 1.29 is 14.5 Å². The Balaban J connectivity index is 1.63. The number of nitrogens with zero attached hydrogens (tertiary/aromatic N) is 2. The minimum absolute atomic E-state index is 0.0720. The SMILES string of the molecule is Cc1ccc(C(=O)NCc2ccc(N3CCCC3=O)cc2)cc1[N+](=O)[O-]. The lowest BCUT2D eigenvalue weighted by Crippen LogP contribution is -2.24. The van der Waals surface area contributed by atoms with Crippen molar-refractivity contribution in [2.75, 3.05) is 11.4 Å². The van der Waals surface area contributed by atoms with Crippen LogP contribution in [0.15, 0.2) is 42.5 Å². The summed E-state index contributed by atoms with van der Waals surface area (Å²) in [6.45, 7) is 2.67. The third kappa shape index (κ3) is 3.72. The molecule has 1 aliphatic heterocycles. The van der Waals surface area contributed by atoms with E-state index in [1.54, 1.807) is 24.0 Å². The Bertz CT molecular complexity index is 862. The van der Waals surface area contributed by atoms with Crippen molar-refractivity contribution in [2.45, 2.75) is 26.3 Å². The highest BCUT2D eigenvalue weighted by atomic mass is 16.6. The number of carbonyl (C=O) groups is 2. The zero-order chi connectivity index (χ0) is 18.7. The van der Waals surface area contributed by atoms with Crippen LogP contribution in [0.3, 0.4) is 0 Å². The molecule has 0 spiro atoms. The second kappa shape index (κ2) is 7.35. The van der Waals surface area contributed by atoms with Crippen molar-refractivity contribution in [3.8, 4) is 0 Å². The van der Waals surface area contributed by atoms with Crippen LogP contribution >= 0.6 is 0 Å². The van der Waals surface area contributed by atoms with E-state index < -0.39 is 4.92 Å². The molecule has 0 radical (unpaired) electrons. The number of aryl methyl sites for hydroxylation is 1. The summed E-state index contributed by atoms with van der Waals surface area (Å²) in [5, 5.41) is 13.7. The zero-order valence-electron chi connectivity index (χ0n) is 14.4. The summed E-state index contributed by atoms with van der Waals surface area (Å²) in [6, 6.07) is 11.9. The molecular weight excluding hydrogens is 334 g/mol. The van der Waals surface area contributed by atoms with Crippen molar-refractivity contribution in [2.24, 2.45) is 0 Å². The Morgan fingerprint density at radius 3 is 2.58 bits per heavy atom. The second-order valence-electron chi connectivity index (χ2n) is 6.26. The highest BCUT2D eigenvalue weighted by molar-refractivity contribution is 5.95. The Morgan fingerprint density at radius 2 is 1.96 bits per heavy atom. The molecule has 1 saturated heterocycles. The smallest absolute Gasteiger partial charge is 0.273 e. The maximum Gasteiger partial charge on any atom is 0.273 e. The summed E-state index contributed by atoms with van der Waals surface area (Å²) in [5.74, 6) is -0.237. The topological polar surface area (TPSA) is 92.6 Å². The fraction of sp³-hybridized carbons (Fsp3) is 0.263. The first kappa shape index (κ1) is 17.6. The van der Waals surface area contributed by atoms with Crippen molar-refractivity contribution in [1.29, 1.82) is 0 Å². The van der Waals surface area contributed by atoms with Crippen molar-refractivity contribution in [3.05, 3.63) is 69.3 Å². The number of hydrogen-bond donors (Lipinski definition) is 1. The van der Waals surface area contributed by atoms with E-state index in [9.17, 15) is 19.7 Å². The van der Waals surface area contributed by atoms with Crippen LogP contribution in [0, 0.1) is 17.0 Å². The number of nitro groups is 1. The summed E-state index contributed by atoms with van der Waals surface area (Å²) < 4.78 is 0. The van der Waals surface area contributed by atoms with Gasteiger partial charge in [0.15, 0.2) is 0 Å². The summed E-state index contributed by atoms with van der Waals surface area (Å²) in [5.41, 5.74) is 2.43. The number of amides is 2. The van der Waals surface area contributed by atoms with Gasteiger partial charge < -0.3 is 10.2 Å². The average molecular weight is 353 g/mol. The van der Waals surface area contributed by atoms with Gasteiger partial charge in [-0.05, 0) is 37.1 Å². The molecule has 7 heteroatoms. The fourth-order valence-electron chi connectivity index (χ4n) is 2.95. The molecule has 0 aliphatic carbocycles. The summed E-state index contributed by atoms with van der Waals surface area (Å²) in [4.78, 5) is 36.2. The van der Waals surface area contributed by atoms with Gasteiger partial charge in [0, 0.05) is 42.4 Å². The Morgan fingerprint density at radius 1 is 1.23 bits per heavy atom. The molecular formula is C19H19N3O4. The van der Waals surface area contributed by atoms with Crippen LogP contribution in [-0.2, 0) is 11.3 Å². The Kier molecular flexibility index (Phi) is 4.97. The van der Waals surface area contributed by atoms with Gasteiger partial charge in [-0.15, -0.1) is 0 Å². The van der Waals surface area contributed by atoms with Crippen LogP contribution in [-0.4, -0.2) is 23.3 Å². The van der Waals surface area contributed by atoms with Crippen LogP contribution < -0.4 is 10.2 Å². The fourth-order valence-corrected chi connectivity index (χ4v) is 2.95. The third-order valence-corrected chi connectivity index (χ3v) is 4.44. The molecule has 1 heterocycles. The zero-order valence-corrected chi connectivity index (χ0v) is 14.4. The van der Waals surface area contributed by atoms with Gasteiger partial charge in [0.1, 0.15) is 0 Å². The molecule has 2 amide bonds. The predicted molar refractivity (Wildman–Crippen MR) is 97.0 cm³/mol. The summed E-state index contributed by atoms with van der Waals surface area (Å²) >= 11 is 0. The lowest BCUT2D eigenvalue weighted by molar-refractivity contribution is -0.385. The van der Waals surface area contributed by atoms with Crippen LogP contribution in [0.25, 0.3) is 0 Å². The number of anilines is 1. The maximum absolute atomic E-state index is 12.2. The molecule has 2 aromatic rings. The second-order valence-corrected chi connectivity index (χ2v) is 6.26. The number of rotatable bonds is 5. The van der Waals surface area contributed by atoms with E-state index >= 15 is 0 Å². The van der Waals surface area contributed by atoms with E-state index in [-0.39, 0.29) is 23.1 Å². The van der Waals surface area contributed by atoms with Gasteiger partial charge in [-0.25, -0.2) is 0 Å². The molecule has 26 heavy (non-hydrogen) atoms. The number of carbonyl (C=O) groups excluding carboxylic acids is 2. The van der Waals surface area contributed by atoms with Crippen LogP contribution in [0.5, 0.6) is 0 Å². The summed E-state index contributed by atoms with van der Waals surface area (Å²) in [6.07, 6.45) is 1.46. The van der Waals surface area contributed by atoms with Crippen LogP contribution in [0.4, 0.5) is 11.4 Å². The number of nitrogens with one attached hydrogen (secondary N) is 1. The monoisotopic (exact) mass is 353 g/mol. The quantitative estimate of drug-likeness (QED) is 0.661. The molecule has 2 aromatic carbocycles. The summed E-state index contributed by atoms with van der Waals surface area (Å²) in [7, 11) is 0. The molecule has 0 aromatic heterocycles. The normalized spacial score (nSPS) is 13.7. The lowest BCUT2D eigenvalue weighted by atomic mass is 10.1. The molecule has 0 bridgehead atoms. The Labute approximate surface area is 150 Å². The van der Waals surface area contributed by atoms with E-state index in [1.807, 2.05) is 24.3 Å². The third-order valence-electron chi connectivity index (χ3n) is 4.44. The van der Waals surface area contributed by atoms with Gasteiger partial charge in [-0.2, -0.15) is 0 Å². The van der Waals surface area contributed by atoms with E-state index in [1.165, 1.54) is 6.07 Å². The number of hydrogen-bond acceptors (Lipinski definition) is 4. The first-order valence-electron chi connectivity index (χ1n) is 8.38. The molecule has 0 atom stereocenters. The first-order valence-corrected chi connectivity index (χ1v) is 8.38. The van der Waals surface area contributed by atoms with Gasteiger partial charge in [0.05, 0.1) is 4.92 Å². The van der Waals surface area contributed by atoms with Crippen LogP contribution in [0.1, 0.15) is 34.3 Å². The van der Waals surface area contributed by atoms with Crippen molar-refractivity contribution >= 4 is 23.2 Å². The largest absolute Gasteiger partial charge is 0.348 e. The van der Waals surface area contributed by atoms with Crippen LogP contribution in [0.2, 0.25) is 0 Å². The lowest BCUT2D eigenvalue weighted by Gasteiger charge is -2.16. The highest BCUT2D eigenvalue weighted by Crippen LogP contribution is 2.22. The first-order chi connectivity index (χ1) is 12.5. The van der Waals surface area contributed by atoms with E-state index in [2.05, 4.69) is 5.32 Å². The highest BCUT2D eigenvalue weighted by Gasteiger charge is 2.21. The molecule has 1 N–H and O–H groups in total. The van der Waals surface area contributed by atoms with Crippen molar-refractivity contribution in [3.63, 3.8) is 0 Å². The number of nitro benzene ring substituents is 1. The van der Waals surface area contributed by atoms with E-state index in [0.29, 0.717) is 18.5 Å². The van der Waals surface area contributed by atoms with Gasteiger partial charge in [-0.3, -0.25) is 19.7 Å². The average Bonchev–Trinajstić information content (AvgIpc) is 3.06. The molecule has 0 unspecified atom stereocenters. The standard InChI is InChI=1S/C19H19N3O4/c1-13-4-7-15(11-17(13)22(25)26)19(24)20-12-14-5-8-16(9-6-14)21-10-2-3-18(21)23/h4-9,11H,2-3,10,12H2,1H3,(H,20,24). The molecule has 3 rings (SSSR count). The number of benzene rings is 2.